The molecule has 6 nitrogen and oxygen atoms in total. The maximum Gasteiger partial charge on any atom is 0.335 e. The molecule has 2 aliphatic rings. The van der Waals surface area contributed by atoms with Crippen molar-refractivity contribution in [1.82, 2.24) is 4.90 Å². The summed E-state index contributed by atoms with van der Waals surface area (Å²) >= 11 is 5.97. The van der Waals surface area contributed by atoms with Gasteiger partial charge in [-0.05, 0) is 66.3 Å². The average Bonchev–Trinajstić information content (AvgIpc) is 2.92. The first-order valence-corrected chi connectivity index (χ1v) is 13.3. The number of hydrogen-bond donors (Lipinski definition) is 2. The summed E-state index contributed by atoms with van der Waals surface area (Å²) in [7, 11) is 0. The van der Waals surface area contributed by atoms with Gasteiger partial charge < -0.3 is 15.3 Å². The number of aromatic carboxylic acids is 1. The molecule has 0 aromatic heterocycles. The standard InChI is InChI=1S/C31H28ClFN2O4/c1-18-5-2-10-27(35-14-13-20(17-28(35)36)23-8-4-9-25(32)29(23)33)21-7-3-6-19(15-21)24-16-22(31(38)39)11-12-26(24)34-30(18)37/h3-4,6-9,11-12,15-18,27H,2,5,10,13-14H2,1H3,(H,34,37)(H,38,39)/t18-,27+/m1/s1. The Labute approximate surface area is 231 Å². The molecule has 0 fully saturated rings. The number of hydrogen-bond acceptors (Lipinski definition) is 3. The molecule has 0 aliphatic carbocycles. The summed E-state index contributed by atoms with van der Waals surface area (Å²) in [5.74, 6) is -2.22. The molecule has 39 heavy (non-hydrogen) atoms. The van der Waals surface area contributed by atoms with Gasteiger partial charge in [0, 0.05) is 35.4 Å². The van der Waals surface area contributed by atoms with Gasteiger partial charge in [-0.2, -0.15) is 0 Å². The number of nitrogens with zero attached hydrogens (tertiary/aromatic N) is 1. The Morgan fingerprint density at radius 1 is 1.05 bits per heavy atom. The van der Waals surface area contributed by atoms with E-state index in [9.17, 15) is 23.9 Å². The van der Waals surface area contributed by atoms with Gasteiger partial charge in [0.2, 0.25) is 11.8 Å². The number of benzene rings is 3. The fraction of sp³-hybridized carbons (Fsp3) is 0.258. The van der Waals surface area contributed by atoms with Crippen molar-refractivity contribution >= 4 is 40.6 Å². The maximum atomic E-state index is 14.7. The molecule has 2 bridgehead atoms. The SMILES string of the molecule is C[C@@H]1CCC[C@H](N2CCC(c3cccc(Cl)c3F)=CC2=O)c2cccc(c2)-c2cc(C(=O)O)ccc2NC1=O. The van der Waals surface area contributed by atoms with Gasteiger partial charge >= 0.3 is 5.97 Å². The minimum atomic E-state index is -1.06. The van der Waals surface area contributed by atoms with Crippen molar-refractivity contribution in [3.63, 3.8) is 0 Å². The number of carbonyl (C=O) groups excluding carboxylic acids is 2. The van der Waals surface area contributed by atoms with Crippen LogP contribution >= 0.6 is 11.6 Å². The highest BCUT2D eigenvalue weighted by molar-refractivity contribution is 6.31. The molecule has 0 saturated carbocycles. The van der Waals surface area contributed by atoms with Gasteiger partial charge in [-0.15, -0.1) is 0 Å². The van der Waals surface area contributed by atoms with Crippen LogP contribution in [0.5, 0.6) is 0 Å². The van der Waals surface area contributed by atoms with E-state index in [0.717, 1.165) is 17.5 Å². The molecular weight excluding hydrogens is 519 g/mol. The Kier molecular flexibility index (Phi) is 7.53. The maximum absolute atomic E-state index is 14.7. The molecule has 8 heteroatoms. The van der Waals surface area contributed by atoms with Crippen LogP contribution in [0.1, 0.15) is 60.1 Å². The van der Waals surface area contributed by atoms with Crippen LogP contribution in [0, 0.1) is 11.7 Å². The van der Waals surface area contributed by atoms with Crippen LogP contribution in [0.3, 0.4) is 0 Å². The van der Waals surface area contributed by atoms with Gasteiger partial charge in [0.25, 0.3) is 0 Å². The molecule has 2 atom stereocenters. The summed E-state index contributed by atoms with van der Waals surface area (Å²) in [5, 5.41) is 12.6. The molecule has 3 aromatic carbocycles. The van der Waals surface area contributed by atoms with Crippen molar-refractivity contribution in [3.05, 3.63) is 94.3 Å². The van der Waals surface area contributed by atoms with Gasteiger partial charge in [-0.1, -0.05) is 55.3 Å². The Morgan fingerprint density at radius 2 is 1.85 bits per heavy atom. The smallest absolute Gasteiger partial charge is 0.335 e. The molecule has 0 spiro atoms. The van der Waals surface area contributed by atoms with E-state index < -0.39 is 11.8 Å². The Morgan fingerprint density at radius 3 is 2.62 bits per heavy atom. The predicted molar refractivity (Wildman–Crippen MR) is 149 cm³/mol. The molecule has 200 valence electrons. The number of carboxylic acid groups (broad SMARTS) is 1. The molecule has 2 amide bonds. The van der Waals surface area contributed by atoms with Gasteiger partial charge in [-0.25, -0.2) is 9.18 Å². The molecule has 2 aliphatic heterocycles. The van der Waals surface area contributed by atoms with E-state index in [4.69, 9.17) is 11.6 Å². The van der Waals surface area contributed by atoms with Crippen LogP contribution in [0.25, 0.3) is 16.7 Å². The monoisotopic (exact) mass is 546 g/mol. The van der Waals surface area contributed by atoms with Crippen molar-refractivity contribution in [1.29, 1.82) is 0 Å². The number of amides is 2. The number of nitrogens with one attached hydrogen (secondary N) is 1. The van der Waals surface area contributed by atoms with Crippen LogP contribution in [0.15, 0.2) is 66.7 Å². The molecule has 3 aromatic rings. The first-order valence-electron chi connectivity index (χ1n) is 13.0. The van der Waals surface area contributed by atoms with Crippen molar-refractivity contribution in [2.75, 3.05) is 11.9 Å². The van der Waals surface area contributed by atoms with Gasteiger partial charge in [0.15, 0.2) is 0 Å². The van der Waals surface area contributed by atoms with E-state index >= 15 is 0 Å². The van der Waals surface area contributed by atoms with Crippen LogP contribution in [0.4, 0.5) is 10.1 Å². The second-order valence-corrected chi connectivity index (χ2v) is 10.5. The average molecular weight is 547 g/mol. The molecule has 0 radical (unpaired) electrons. The second kappa shape index (κ2) is 11.0. The number of carbonyl (C=O) groups is 3. The molecule has 0 unspecified atom stereocenters. The van der Waals surface area contributed by atoms with E-state index in [0.29, 0.717) is 48.2 Å². The summed E-state index contributed by atoms with van der Waals surface area (Å²) in [4.78, 5) is 39.9. The lowest BCUT2D eigenvalue weighted by Gasteiger charge is -2.35. The molecule has 0 saturated heterocycles. The van der Waals surface area contributed by atoms with Crippen molar-refractivity contribution < 1.29 is 23.9 Å². The van der Waals surface area contributed by atoms with Crippen LogP contribution in [-0.2, 0) is 9.59 Å². The fourth-order valence-electron chi connectivity index (χ4n) is 5.37. The highest BCUT2D eigenvalue weighted by atomic mass is 35.5. The molecular formula is C31H28ClFN2O4. The summed E-state index contributed by atoms with van der Waals surface area (Å²) < 4.78 is 14.7. The zero-order valence-corrected chi connectivity index (χ0v) is 22.2. The topological polar surface area (TPSA) is 86.7 Å². The third-order valence-electron chi connectivity index (χ3n) is 7.55. The number of rotatable bonds is 3. The molecule has 5 rings (SSSR count). The highest BCUT2D eigenvalue weighted by Gasteiger charge is 2.30. The fourth-order valence-corrected chi connectivity index (χ4v) is 5.55. The zero-order valence-electron chi connectivity index (χ0n) is 21.4. The van der Waals surface area contributed by atoms with Crippen LogP contribution < -0.4 is 5.32 Å². The molecule has 2 N–H and O–H groups in total. The van der Waals surface area contributed by atoms with Crippen molar-refractivity contribution in [2.45, 2.75) is 38.6 Å². The van der Waals surface area contributed by atoms with E-state index in [1.54, 1.807) is 29.2 Å². The summed E-state index contributed by atoms with van der Waals surface area (Å²) in [6.07, 6.45) is 3.95. The van der Waals surface area contributed by atoms with Crippen LogP contribution in [0.2, 0.25) is 5.02 Å². The Hall–Kier alpha value is -3.97. The molecule has 2 heterocycles. The van der Waals surface area contributed by atoms with E-state index in [1.165, 1.54) is 18.2 Å². The quantitative estimate of drug-likeness (QED) is 0.372. The second-order valence-electron chi connectivity index (χ2n) is 10.1. The lowest BCUT2D eigenvalue weighted by atomic mass is 9.90. The van der Waals surface area contributed by atoms with Crippen molar-refractivity contribution in [3.8, 4) is 11.1 Å². The predicted octanol–water partition coefficient (Wildman–Crippen LogP) is 6.96. The summed E-state index contributed by atoms with van der Waals surface area (Å²) in [6, 6.07) is 16.8. The third-order valence-corrected chi connectivity index (χ3v) is 7.84. The minimum absolute atomic E-state index is 0.0175. The normalized spacial score (nSPS) is 19.8. The number of carboxylic acids is 1. The summed E-state index contributed by atoms with van der Waals surface area (Å²) in [6.45, 7) is 2.27. The van der Waals surface area contributed by atoms with E-state index in [-0.39, 0.29) is 34.4 Å². The Balaban J connectivity index is 1.55. The van der Waals surface area contributed by atoms with Gasteiger partial charge in [0.1, 0.15) is 5.82 Å². The highest BCUT2D eigenvalue weighted by Crippen LogP contribution is 2.37. The number of fused-ring (bicyclic) bond motifs is 4. The van der Waals surface area contributed by atoms with Crippen LogP contribution in [-0.4, -0.2) is 34.3 Å². The lowest BCUT2D eigenvalue weighted by Crippen LogP contribution is -2.37. The third kappa shape index (κ3) is 5.45. The zero-order chi connectivity index (χ0) is 27.7. The lowest BCUT2D eigenvalue weighted by molar-refractivity contribution is -0.129. The number of halogens is 2. The Bertz CT molecular complexity index is 1500. The summed E-state index contributed by atoms with van der Waals surface area (Å²) in [5.41, 5.74) is 3.85. The first kappa shape index (κ1) is 26.6. The van der Waals surface area contributed by atoms with E-state index in [1.807, 2.05) is 31.2 Å². The number of anilines is 1. The minimum Gasteiger partial charge on any atom is -0.478 e. The van der Waals surface area contributed by atoms with E-state index in [2.05, 4.69) is 5.32 Å². The van der Waals surface area contributed by atoms with Crippen molar-refractivity contribution in [2.24, 2.45) is 5.92 Å². The van der Waals surface area contributed by atoms with Gasteiger partial charge in [-0.3, -0.25) is 9.59 Å². The van der Waals surface area contributed by atoms with Gasteiger partial charge in [0.05, 0.1) is 16.6 Å². The first-order chi connectivity index (χ1) is 18.7. The largest absolute Gasteiger partial charge is 0.478 e.